The third-order valence-electron chi connectivity index (χ3n) is 8.11. The molecule has 0 amide bonds. The van der Waals surface area contributed by atoms with Gasteiger partial charge in [0.15, 0.2) is 5.82 Å². The average molecular weight is 513 g/mol. The van der Waals surface area contributed by atoms with E-state index < -0.39 is 5.41 Å². The van der Waals surface area contributed by atoms with Crippen molar-refractivity contribution < 1.29 is 0 Å². The fraction of sp³-hybridized carbons (Fsp3) is 0.0278. The van der Waals surface area contributed by atoms with Gasteiger partial charge in [-0.1, -0.05) is 97.1 Å². The Hall–Kier alpha value is -5.35. The maximum absolute atomic E-state index is 4.70. The zero-order valence-electron chi connectivity index (χ0n) is 21.6. The van der Waals surface area contributed by atoms with Gasteiger partial charge >= 0.3 is 0 Å². The SMILES string of the molecule is c1ccc(C2(c3ccccc3)c3ccccc3-c3c2ccc2ccn(-c4cnc(-c5cccnc5)nc4)c32)cc1. The number of rotatable bonds is 4. The van der Waals surface area contributed by atoms with Crippen molar-refractivity contribution >= 4 is 10.9 Å². The molecule has 3 heterocycles. The van der Waals surface area contributed by atoms with Gasteiger partial charge in [-0.3, -0.25) is 4.98 Å². The summed E-state index contributed by atoms with van der Waals surface area (Å²) in [6.45, 7) is 0. The van der Waals surface area contributed by atoms with Gasteiger partial charge in [-0.25, -0.2) is 9.97 Å². The Labute approximate surface area is 232 Å². The van der Waals surface area contributed by atoms with Crippen LogP contribution in [0.5, 0.6) is 0 Å². The third-order valence-corrected chi connectivity index (χ3v) is 8.11. The predicted octanol–water partition coefficient (Wildman–Crippen LogP) is 7.85. The van der Waals surface area contributed by atoms with Crippen LogP contribution < -0.4 is 0 Å². The lowest BCUT2D eigenvalue weighted by atomic mass is 9.67. The number of nitrogens with zero attached hydrogens (tertiary/aromatic N) is 4. The standard InChI is InChI=1S/C36H24N4/c1-3-11-27(12-4-1)36(28-13-5-2-6-14-28)31-16-8-7-15-30(31)33-32(36)18-17-25-19-21-40(34(25)33)29-23-38-35(39-24-29)26-10-9-20-37-22-26/h1-24H. The topological polar surface area (TPSA) is 43.6 Å². The Kier molecular flexibility index (Phi) is 5.01. The summed E-state index contributed by atoms with van der Waals surface area (Å²) in [5.41, 5.74) is 10.2. The first-order valence-electron chi connectivity index (χ1n) is 13.4. The largest absolute Gasteiger partial charge is 0.313 e. The Morgan fingerprint density at radius 3 is 1.98 bits per heavy atom. The Bertz CT molecular complexity index is 1940. The summed E-state index contributed by atoms with van der Waals surface area (Å²) < 4.78 is 2.23. The van der Waals surface area contributed by atoms with Crippen LogP contribution in [-0.2, 0) is 5.41 Å². The first-order valence-corrected chi connectivity index (χ1v) is 13.4. The van der Waals surface area contributed by atoms with Crippen molar-refractivity contribution in [3.63, 3.8) is 0 Å². The molecule has 0 radical (unpaired) electrons. The number of fused-ring (bicyclic) bond motifs is 5. The second-order valence-electron chi connectivity index (χ2n) is 10.1. The molecule has 3 aromatic heterocycles. The van der Waals surface area contributed by atoms with Crippen LogP contribution in [0.3, 0.4) is 0 Å². The molecule has 0 N–H and O–H groups in total. The van der Waals surface area contributed by atoms with Gasteiger partial charge < -0.3 is 4.57 Å². The third kappa shape index (κ3) is 3.17. The van der Waals surface area contributed by atoms with Crippen molar-refractivity contribution in [3.8, 4) is 28.2 Å². The van der Waals surface area contributed by atoms with E-state index in [1.54, 1.807) is 12.4 Å². The van der Waals surface area contributed by atoms with E-state index in [0.717, 1.165) is 16.8 Å². The lowest BCUT2D eigenvalue weighted by Gasteiger charge is -2.33. The molecular formula is C36H24N4. The van der Waals surface area contributed by atoms with Gasteiger partial charge in [0.1, 0.15) is 0 Å². The van der Waals surface area contributed by atoms with Gasteiger partial charge in [-0.05, 0) is 46.0 Å². The lowest BCUT2D eigenvalue weighted by Crippen LogP contribution is -2.28. The molecule has 0 saturated carbocycles. The highest BCUT2D eigenvalue weighted by molar-refractivity contribution is 6.03. The monoisotopic (exact) mass is 512 g/mol. The number of hydrogen-bond acceptors (Lipinski definition) is 3. The van der Waals surface area contributed by atoms with Crippen molar-refractivity contribution in [2.24, 2.45) is 0 Å². The van der Waals surface area contributed by atoms with Gasteiger partial charge in [0.05, 0.1) is 29.0 Å². The zero-order chi connectivity index (χ0) is 26.5. The molecule has 0 aliphatic heterocycles. The van der Waals surface area contributed by atoms with Gasteiger partial charge in [-0.15, -0.1) is 0 Å². The molecule has 7 aromatic rings. The first-order chi connectivity index (χ1) is 19.9. The van der Waals surface area contributed by atoms with E-state index in [1.165, 1.54) is 38.8 Å². The molecule has 4 aromatic carbocycles. The summed E-state index contributed by atoms with van der Waals surface area (Å²) in [6.07, 6.45) is 9.47. The van der Waals surface area contributed by atoms with Crippen LogP contribution >= 0.6 is 0 Å². The van der Waals surface area contributed by atoms with E-state index >= 15 is 0 Å². The Morgan fingerprint density at radius 2 is 1.27 bits per heavy atom. The van der Waals surface area contributed by atoms with Crippen molar-refractivity contribution in [1.29, 1.82) is 0 Å². The van der Waals surface area contributed by atoms with E-state index in [1.807, 2.05) is 24.5 Å². The summed E-state index contributed by atoms with van der Waals surface area (Å²) in [6, 6.07) is 41.3. The molecule has 4 nitrogen and oxygen atoms in total. The molecule has 0 unspecified atom stereocenters. The normalized spacial score (nSPS) is 13.2. The lowest BCUT2D eigenvalue weighted by molar-refractivity contribution is 0.769. The number of hydrogen-bond donors (Lipinski definition) is 0. The molecule has 40 heavy (non-hydrogen) atoms. The van der Waals surface area contributed by atoms with Gasteiger partial charge in [-0.2, -0.15) is 0 Å². The minimum absolute atomic E-state index is 0.432. The highest BCUT2D eigenvalue weighted by Crippen LogP contribution is 2.57. The van der Waals surface area contributed by atoms with Crippen LogP contribution in [0.25, 0.3) is 39.1 Å². The molecule has 1 aliphatic carbocycles. The molecular weight excluding hydrogens is 488 g/mol. The van der Waals surface area contributed by atoms with E-state index in [9.17, 15) is 0 Å². The summed E-state index contributed by atoms with van der Waals surface area (Å²) in [7, 11) is 0. The highest BCUT2D eigenvalue weighted by Gasteiger charge is 2.46. The molecule has 0 saturated heterocycles. The number of pyridine rings is 1. The second kappa shape index (κ2) is 8.85. The molecule has 8 rings (SSSR count). The van der Waals surface area contributed by atoms with Crippen molar-refractivity contribution in [2.45, 2.75) is 5.41 Å². The zero-order valence-corrected chi connectivity index (χ0v) is 21.6. The molecule has 4 heteroatoms. The maximum Gasteiger partial charge on any atom is 0.160 e. The van der Waals surface area contributed by atoms with Crippen molar-refractivity contribution in [3.05, 3.63) is 168 Å². The van der Waals surface area contributed by atoms with Gasteiger partial charge in [0.2, 0.25) is 0 Å². The smallest absolute Gasteiger partial charge is 0.160 e. The minimum atomic E-state index is -0.432. The molecule has 0 atom stereocenters. The summed E-state index contributed by atoms with van der Waals surface area (Å²) in [5.74, 6) is 0.663. The van der Waals surface area contributed by atoms with Gasteiger partial charge in [0, 0.05) is 35.1 Å². The summed E-state index contributed by atoms with van der Waals surface area (Å²) in [5, 5.41) is 1.18. The number of aromatic nitrogens is 4. The summed E-state index contributed by atoms with van der Waals surface area (Å²) >= 11 is 0. The predicted molar refractivity (Wildman–Crippen MR) is 159 cm³/mol. The van der Waals surface area contributed by atoms with E-state index in [4.69, 9.17) is 9.97 Å². The van der Waals surface area contributed by atoms with Crippen molar-refractivity contribution in [2.75, 3.05) is 0 Å². The van der Waals surface area contributed by atoms with Crippen molar-refractivity contribution in [1.82, 2.24) is 19.5 Å². The van der Waals surface area contributed by atoms with E-state index in [2.05, 4.69) is 119 Å². The summed E-state index contributed by atoms with van der Waals surface area (Å²) in [4.78, 5) is 13.6. The molecule has 0 bridgehead atoms. The second-order valence-corrected chi connectivity index (χ2v) is 10.1. The average Bonchev–Trinajstić information content (AvgIpc) is 3.60. The Morgan fingerprint density at radius 1 is 0.575 bits per heavy atom. The van der Waals surface area contributed by atoms with E-state index in [0.29, 0.717) is 5.82 Å². The van der Waals surface area contributed by atoms with Crippen LogP contribution in [0, 0.1) is 0 Å². The molecule has 188 valence electrons. The minimum Gasteiger partial charge on any atom is -0.313 e. The first kappa shape index (κ1) is 22.6. The van der Waals surface area contributed by atoms with Gasteiger partial charge in [0.25, 0.3) is 0 Å². The molecule has 1 aliphatic rings. The van der Waals surface area contributed by atoms with Crippen LogP contribution in [0.1, 0.15) is 22.3 Å². The van der Waals surface area contributed by atoms with E-state index in [-0.39, 0.29) is 0 Å². The molecule has 0 fully saturated rings. The quantitative estimate of drug-likeness (QED) is 0.241. The fourth-order valence-corrected chi connectivity index (χ4v) is 6.46. The van der Waals surface area contributed by atoms with Crippen LogP contribution in [0.15, 0.2) is 146 Å². The highest BCUT2D eigenvalue weighted by atomic mass is 15.0. The maximum atomic E-state index is 4.70. The van der Waals surface area contributed by atoms with Crippen LogP contribution in [0.2, 0.25) is 0 Å². The molecule has 0 spiro atoms. The van der Waals surface area contributed by atoms with Crippen LogP contribution in [0.4, 0.5) is 0 Å². The number of benzene rings is 4. The Balaban J connectivity index is 1.42. The fourth-order valence-electron chi connectivity index (χ4n) is 6.46. The van der Waals surface area contributed by atoms with Crippen LogP contribution in [-0.4, -0.2) is 19.5 Å².